The van der Waals surface area contributed by atoms with Crippen molar-refractivity contribution in [1.82, 2.24) is 9.97 Å². The van der Waals surface area contributed by atoms with Crippen molar-refractivity contribution in [2.24, 2.45) is 5.92 Å². The van der Waals surface area contributed by atoms with Gasteiger partial charge in [-0.25, -0.2) is 0 Å². The monoisotopic (exact) mass is 334 g/mol. The molecule has 1 aliphatic carbocycles. The van der Waals surface area contributed by atoms with E-state index < -0.39 is 0 Å². The normalized spacial score (nSPS) is 11.5. The highest BCUT2D eigenvalue weighted by molar-refractivity contribution is 5.11. The minimum Gasteiger partial charge on any atom is -0.265 e. The van der Waals surface area contributed by atoms with E-state index in [1.54, 1.807) is 18.6 Å². The van der Waals surface area contributed by atoms with Gasteiger partial charge in [-0.05, 0) is 56.0 Å². The number of hydrogen-bond donors (Lipinski definition) is 0. The fraction of sp³-hybridized carbons (Fsp3) is 0.304. The molecule has 1 aliphatic rings. The summed E-state index contributed by atoms with van der Waals surface area (Å²) in [5.74, 6) is 1.08. The summed E-state index contributed by atoms with van der Waals surface area (Å²) < 4.78 is 0. The number of nitrogens with zero attached hydrogens (tertiary/aromatic N) is 2. The molecule has 0 aliphatic heterocycles. The number of hydrogen-bond acceptors (Lipinski definition) is 2. The second-order valence-corrected chi connectivity index (χ2v) is 6.39. The average molecular weight is 335 g/mol. The number of aromatic nitrogens is 2. The molecule has 0 spiro atoms. The molecule has 2 aromatic heterocycles. The van der Waals surface area contributed by atoms with Crippen LogP contribution >= 0.6 is 0 Å². The highest BCUT2D eigenvalue weighted by Gasteiger charge is 2.12. The Morgan fingerprint density at radius 2 is 1.16 bits per heavy atom. The first-order valence-corrected chi connectivity index (χ1v) is 8.83. The van der Waals surface area contributed by atoms with Crippen molar-refractivity contribution in [2.75, 3.05) is 0 Å². The SMILES string of the molecule is CC1CC1.Cc1ccccc1.Cc1cccnc1.Cc1ccncc1. The Labute approximate surface area is 153 Å². The van der Waals surface area contributed by atoms with Crippen LogP contribution in [0.1, 0.15) is 36.5 Å². The summed E-state index contributed by atoms with van der Waals surface area (Å²) in [5.41, 5.74) is 3.79. The molecule has 25 heavy (non-hydrogen) atoms. The van der Waals surface area contributed by atoms with Gasteiger partial charge in [-0.3, -0.25) is 9.97 Å². The van der Waals surface area contributed by atoms with Gasteiger partial charge < -0.3 is 0 Å². The summed E-state index contributed by atoms with van der Waals surface area (Å²) in [6.07, 6.45) is 10.2. The summed E-state index contributed by atoms with van der Waals surface area (Å²) >= 11 is 0. The molecular weight excluding hydrogens is 304 g/mol. The van der Waals surface area contributed by atoms with Gasteiger partial charge in [0.25, 0.3) is 0 Å². The van der Waals surface area contributed by atoms with E-state index in [0.29, 0.717) is 0 Å². The lowest BCUT2D eigenvalue weighted by Gasteiger charge is -1.82. The molecule has 1 fully saturated rings. The van der Waals surface area contributed by atoms with Crippen molar-refractivity contribution in [2.45, 2.75) is 40.5 Å². The Morgan fingerprint density at radius 3 is 1.40 bits per heavy atom. The van der Waals surface area contributed by atoms with Gasteiger partial charge >= 0.3 is 0 Å². The topological polar surface area (TPSA) is 25.8 Å². The van der Waals surface area contributed by atoms with E-state index >= 15 is 0 Å². The van der Waals surface area contributed by atoms with Gasteiger partial charge in [0.15, 0.2) is 0 Å². The van der Waals surface area contributed by atoms with Crippen molar-refractivity contribution in [1.29, 1.82) is 0 Å². The summed E-state index contributed by atoms with van der Waals surface area (Å²) in [7, 11) is 0. The zero-order valence-electron chi connectivity index (χ0n) is 15.9. The molecule has 0 amide bonds. The predicted octanol–water partition coefficient (Wildman–Crippen LogP) is 6.19. The Morgan fingerprint density at radius 1 is 0.640 bits per heavy atom. The van der Waals surface area contributed by atoms with Crippen LogP contribution < -0.4 is 0 Å². The van der Waals surface area contributed by atoms with Crippen molar-refractivity contribution in [3.05, 3.63) is 96.1 Å². The Hall–Kier alpha value is -2.48. The molecule has 4 rings (SSSR count). The van der Waals surface area contributed by atoms with Crippen LogP contribution in [0, 0.1) is 26.7 Å². The van der Waals surface area contributed by atoms with Crippen LogP contribution in [0.4, 0.5) is 0 Å². The van der Waals surface area contributed by atoms with Crippen molar-refractivity contribution in [3.63, 3.8) is 0 Å². The third-order valence-electron chi connectivity index (χ3n) is 3.46. The molecule has 0 radical (unpaired) electrons. The number of aryl methyl sites for hydroxylation is 3. The molecule has 0 bridgehead atoms. The highest BCUT2D eigenvalue weighted by atomic mass is 14.6. The molecule has 2 heterocycles. The van der Waals surface area contributed by atoms with Crippen LogP contribution in [0.2, 0.25) is 0 Å². The van der Waals surface area contributed by atoms with Crippen LogP contribution in [0.25, 0.3) is 0 Å². The molecule has 3 aromatic rings. The maximum Gasteiger partial charge on any atom is 0.0297 e. The molecule has 1 aromatic carbocycles. The summed E-state index contributed by atoms with van der Waals surface area (Å²) in [6.45, 7) is 8.43. The van der Waals surface area contributed by atoms with E-state index in [1.807, 2.05) is 62.5 Å². The lowest BCUT2D eigenvalue weighted by atomic mass is 10.2. The molecule has 0 saturated heterocycles. The summed E-state index contributed by atoms with van der Waals surface area (Å²) in [5, 5.41) is 0. The minimum absolute atomic E-state index is 1.08. The predicted molar refractivity (Wildman–Crippen MR) is 108 cm³/mol. The van der Waals surface area contributed by atoms with Gasteiger partial charge in [0.2, 0.25) is 0 Å². The molecule has 2 heteroatoms. The van der Waals surface area contributed by atoms with Crippen molar-refractivity contribution >= 4 is 0 Å². The van der Waals surface area contributed by atoms with Gasteiger partial charge in [-0.1, -0.05) is 61.7 Å². The largest absolute Gasteiger partial charge is 0.265 e. The van der Waals surface area contributed by atoms with Gasteiger partial charge in [-0.2, -0.15) is 0 Å². The van der Waals surface area contributed by atoms with Crippen molar-refractivity contribution < 1.29 is 0 Å². The Balaban J connectivity index is 0.000000170. The molecule has 132 valence electrons. The Kier molecular flexibility index (Phi) is 10.6. The van der Waals surface area contributed by atoms with E-state index in [2.05, 4.69) is 35.9 Å². The van der Waals surface area contributed by atoms with Gasteiger partial charge in [-0.15, -0.1) is 0 Å². The molecular formula is C23H30N2. The smallest absolute Gasteiger partial charge is 0.0297 e. The second kappa shape index (κ2) is 12.9. The standard InChI is InChI=1S/C7H8.2C6H7N.C4H8/c1-7-5-3-2-4-6-7;1-6-2-4-7-5-3-6;1-6-3-2-4-7-5-6;1-4-2-3-4/h2-6H,1H3;2*2-5H,1H3;4H,2-3H2,1H3. The zero-order chi connectivity index (χ0) is 18.3. The van der Waals surface area contributed by atoms with Crippen LogP contribution in [0.15, 0.2) is 79.4 Å². The first-order chi connectivity index (χ1) is 12.1. The molecule has 0 unspecified atom stereocenters. The quantitative estimate of drug-likeness (QED) is 0.490. The van der Waals surface area contributed by atoms with Crippen molar-refractivity contribution in [3.8, 4) is 0 Å². The number of benzene rings is 1. The highest BCUT2D eigenvalue weighted by Crippen LogP contribution is 2.26. The fourth-order valence-corrected chi connectivity index (χ4v) is 1.58. The van der Waals surface area contributed by atoms with Gasteiger partial charge in [0.05, 0.1) is 0 Å². The lowest BCUT2D eigenvalue weighted by molar-refractivity contribution is 0.983. The maximum atomic E-state index is 3.88. The fourth-order valence-electron chi connectivity index (χ4n) is 1.58. The van der Waals surface area contributed by atoms with E-state index in [1.165, 1.54) is 29.5 Å². The third kappa shape index (κ3) is 13.6. The molecule has 2 nitrogen and oxygen atoms in total. The zero-order valence-corrected chi connectivity index (χ0v) is 15.9. The van der Waals surface area contributed by atoms with E-state index in [0.717, 1.165) is 5.92 Å². The number of rotatable bonds is 0. The van der Waals surface area contributed by atoms with E-state index in [4.69, 9.17) is 0 Å². The van der Waals surface area contributed by atoms with Gasteiger partial charge in [0, 0.05) is 24.8 Å². The van der Waals surface area contributed by atoms with Gasteiger partial charge in [0.1, 0.15) is 0 Å². The second-order valence-electron chi connectivity index (χ2n) is 6.39. The minimum atomic E-state index is 1.08. The summed E-state index contributed by atoms with van der Waals surface area (Å²) in [4.78, 5) is 7.73. The molecule has 0 atom stereocenters. The summed E-state index contributed by atoms with van der Waals surface area (Å²) in [6, 6.07) is 18.2. The maximum absolute atomic E-state index is 3.88. The average Bonchev–Trinajstić information content (AvgIpc) is 3.41. The Bertz CT molecular complexity index is 558. The third-order valence-corrected chi connectivity index (χ3v) is 3.46. The number of pyridine rings is 2. The first-order valence-electron chi connectivity index (χ1n) is 8.83. The lowest BCUT2D eigenvalue weighted by Crippen LogP contribution is -1.69. The molecule has 1 saturated carbocycles. The van der Waals surface area contributed by atoms with Crippen LogP contribution in [-0.4, -0.2) is 9.97 Å². The first kappa shape index (κ1) is 20.6. The van der Waals surface area contributed by atoms with Crippen LogP contribution in [0.3, 0.4) is 0 Å². The van der Waals surface area contributed by atoms with E-state index in [9.17, 15) is 0 Å². The van der Waals surface area contributed by atoms with Crippen LogP contribution in [0.5, 0.6) is 0 Å². The van der Waals surface area contributed by atoms with Crippen LogP contribution in [-0.2, 0) is 0 Å². The van der Waals surface area contributed by atoms with E-state index in [-0.39, 0.29) is 0 Å². The molecule has 0 N–H and O–H groups in total.